The quantitative estimate of drug-likeness (QED) is 0.783. The van der Waals surface area contributed by atoms with Gasteiger partial charge in [0.05, 0.1) is 24.6 Å². The van der Waals surface area contributed by atoms with E-state index in [-0.39, 0.29) is 24.6 Å². The van der Waals surface area contributed by atoms with E-state index in [9.17, 15) is 9.59 Å². The first-order chi connectivity index (χ1) is 13.1. The van der Waals surface area contributed by atoms with Gasteiger partial charge in [0.1, 0.15) is 12.6 Å². The number of esters is 2. The zero-order chi connectivity index (χ0) is 19.0. The lowest BCUT2D eigenvalue weighted by Gasteiger charge is -2.47. The van der Waals surface area contributed by atoms with Crippen LogP contribution in [-0.2, 0) is 24.6 Å². The van der Waals surface area contributed by atoms with Crippen LogP contribution < -0.4 is 0 Å². The molecule has 2 fully saturated rings. The highest BCUT2D eigenvalue weighted by Crippen LogP contribution is 2.52. The van der Waals surface area contributed by atoms with Gasteiger partial charge in [-0.25, -0.2) is 0 Å². The molecule has 2 aromatic rings. The minimum Gasteiger partial charge on any atom is -0.469 e. The number of nitrogens with zero attached hydrogens (tertiary/aromatic N) is 1. The Bertz CT molecular complexity index is 838. The molecule has 5 heteroatoms. The van der Waals surface area contributed by atoms with E-state index in [1.807, 2.05) is 67.6 Å². The molecule has 0 amide bonds. The van der Waals surface area contributed by atoms with Gasteiger partial charge in [0.15, 0.2) is 0 Å². The Morgan fingerprint density at radius 2 is 1.70 bits per heavy atom. The fourth-order valence-corrected chi connectivity index (χ4v) is 4.68. The molecule has 0 N–H and O–H groups in total. The SMILES string of the molecule is COC(=O)[C@H]1CC2C(=O)OC[C@H](c3ccccc3)N2[C@]1(C)c1ccccc1. The van der Waals surface area contributed by atoms with Crippen molar-refractivity contribution in [2.75, 3.05) is 13.7 Å². The van der Waals surface area contributed by atoms with Crippen molar-refractivity contribution in [3.8, 4) is 0 Å². The van der Waals surface area contributed by atoms with Crippen LogP contribution in [0.4, 0.5) is 0 Å². The van der Waals surface area contributed by atoms with Crippen molar-refractivity contribution in [2.24, 2.45) is 5.92 Å². The van der Waals surface area contributed by atoms with Crippen molar-refractivity contribution in [2.45, 2.75) is 31.0 Å². The number of morpholine rings is 1. The van der Waals surface area contributed by atoms with Crippen molar-refractivity contribution >= 4 is 11.9 Å². The Balaban J connectivity index is 1.88. The van der Waals surface area contributed by atoms with Crippen LogP contribution in [0, 0.1) is 5.92 Å². The Kier molecular flexibility index (Phi) is 4.48. The minimum absolute atomic E-state index is 0.117. The second kappa shape index (κ2) is 6.82. The maximum atomic E-state index is 12.7. The molecule has 4 atom stereocenters. The second-order valence-electron chi connectivity index (χ2n) is 7.30. The number of rotatable bonds is 3. The number of ether oxygens (including phenoxy) is 2. The maximum absolute atomic E-state index is 12.7. The molecular formula is C22H23NO4. The predicted octanol–water partition coefficient (Wildman–Crippen LogP) is 3.06. The summed E-state index contributed by atoms with van der Waals surface area (Å²) in [5.74, 6) is -1.02. The molecule has 2 aliphatic heterocycles. The average Bonchev–Trinajstić information content (AvgIpc) is 3.05. The number of hydrogen-bond acceptors (Lipinski definition) is 5. The van der Waals surface area contributed by atoms with Crippen LogP contribution in [0.25, 0.3) is 0 Å². The lowest BCUT2D eigenvalue weighted by Crippen LogP contribution is -2.55. The minimum atomic E-state index is -0.668. The number of hydrogen-bond donors (Lipinski definition) is 0. The molecule has 2 saturated heterocycles. The monoisotopic (exact) mass is 365 g/mol. The van der Waals surface area contributed by atoms with Gasteiger partial charge in [-0.1, -0.05) is 60.7 Å². The van der Waals surface area contributed by atoms with Gasteiger partial charge in [0.2, 0.25) is 0 Å². The largest absolute Gasteiger partial charge is 0.469 e. The molecule has 140 valence electrons. The standard InChI is InChI=1S/C22H23NO4/c1-22(16-11-7-4-8-12-16)17(20(24)26-2)13-18-21(25)27-14-19(23(18)22)15-9-5-3-6-10-15/h3-12,17-19H,13-14H2,1-2H3/t17-,18?,19-,22-/m1/s1. The number of fused-ring (bicyclic) bond motifs is 1. The molecule has 2 heterocycles. The topological polar surface area (TPSA) is 55.8 Å². The Labute approximate surface area is 158 Å². The highest BCUT2D eigenvalue weighted by molar-refractivity contribution is 5.82. The third kappa shape index (κ3) is 2.73. The molecule has 1 unspecified atom stereocenters. The second-order valence-corrected chi connectivity index (χ2v) is 7.30. The van der Waals surface area contributed by atoms with E-state index in [1.165, 1.54) is 7.11 Å². The molecule has 0 spiro atoms. The predicted molar refractivity (Wildman–Crippen MR) is 99.7 cm³/mol. The van der Waals surface area contributed by atoms with Gasteiger partial charge in [-0.15, -0.1) is 0 Å². The van der Waals surface area contributed by atoms with Crippen LogP contribution in [0.1, 0.15) is 30.5 Å². The number of cyclic esters (lactones) is 1. The van der Waals surface area contributed by atoms with E-state index in [1.54, 1.807) is 0 Å². The van der Waals surface area contributed by atoms with E-state index in [4.69, 9.17) is 9.47 Å². The van der Waals surface area contributed by atoms with Crippen LogP contribution in [0.15, 0.2) is 60.7 Å². The first-order valence-corrected chi connectivity index (χ1v) is 9.20. The highest BCUT2D eigenvalue weighted by Gasteiger charge is 2.60. The van der Waals surface area contributed by atoms with Gasteiger partial charge in [-0.05, 0) is 24.5 Å². The van der Waals surface area contributed by atoms with Crippen molar-refractivity contribution in [3.05, 3.63) is 71.8 Å². The molecule has 0 saturated carbocycles. The van der Waals surface area contributed by atoms with Gasteiger partial charge >= 0.3 is 11.9 Å². The fraction of sp³-hybridized carbons (Fsp3) is 0.364. The summed E-state index contributed by atoms with van der Waals surface area (Å²) in [7, 11) is 1.40. The Morgan fingerprint density at radius 1 is 1.07 bits per heavy atom. The number of methoxy groups -OCH3 is 1. The van der Waals surface area contributed by atoms with E-state index in [0.717, 1.165) is 11.1 Å². The van der Waals surface area contributed by atoms with E-state index in [0.29, 0.717) is 6.42 Å². The highest BCUT2D eigenvalue weighted by atomic mass is 16.5. The molecule has 0 aliphatic carbocycles. The Morgan fingerprint density at radius 3 is 2.33 bits per heavy atom. The number of carbonyl (C=O) groups is 2. The summed E-state index contributed by atoms with van der Waals surface area (Å²) in [4.78, 5) is 27.5. The van der Waals surface area contributed by atoms with Gasteiger partial charge in [-0.3, -0.25) is 14.5 Å². The van der Waals surface area contributed by atoms with E-state index in [2.05, 4.69) is 4.90 Å². The van der Waals surface area contributed by atoms with Crippen molar-refractivity contribution < 1.29 is 19.1 Å². The van der Waals surface area contributed by atoms with Crippen LogP contribution in [0.2, 0.25) is 0 Å². The third-order valence-corrected chi connectivity index (χ3v) is 6.03. The maximum Gasteiger partial charge on any atom is 0.323 e. The summed E-state index contributed by atoms with van der Waals surface area (Å²) in [5.41, 5.74) is 1.40. The van der Waals surface area contributed by atoms with Crippen molar-refractivity contribution in [1.29, 1.82) is 0 Å². The number of benzene rings is 2. The van der Waals surface area contributed by atoms with E-state index < -0.39 is 17.5 Å². The van der Waals surface area contributed by atoms with Crippen LogP contribution in [0.5, 0.6) is 0 Å². The molecule has 4 rings (SSSR count). The van der Waals surface area contributed by atoms with Gasteiger partial charge in [0, 0.05) is 0 Å². The van der Waals surface area contributed by atoms with Crippen LogP contribution in [-0.4, -0.2) is 36.6 Å². The zero-order valence-corrected chi connectivity index (χ0v) is 15.5. The molecule has 2 aliphatic rings. The smallest absolute Gasteiger partial charge is 0.323 e. The molecular weight excluding hydrogens is 342 g/mol. The summed E-state index contributed by atoms with van der Waals surface area (Å²) < 4.78 is 10.6. The first kappa shape index (κ1) is 17.7. The van der Waals surface area contributed by atoms with Gasteiger partial charge in [0.25, 0.3) is 0 Å². The van der Waals surface area contributed by atoms with Gasteiger partial charge in [-0.2, -0.15) is 0 Å². The summed E-state index contributed by atoms with van der Waals surface area (Å²) in [6.07, 6.45) is 0.389. The summed E-state index contributed by atoms with van der Waals surface area (Å²) in [5, 5.41) is 0. The van der Waals surface area contributed by atoms with E-state index >= 15 is 0 Å². The first-order valence-electron chi connectivity index (χ1n) is 9.20. The van der Waals surface area contributed by atoms with Gasteiger partial charge < -0.3 is 9.47 Å². The molecule has 2 aromatic carbocycles. The zero-order valence-electron chi connectivity index (χ0n) is 15.5. The fourth-order valence-electron chi connectivity index (χ4n) is 4.68. The molecule has 0 aromatic heterocycles. The third-order valence-electron chi connectivity index (χ3n) is 6.03. The van der Waals surface area contributed by atoms with Crippen molar-refractivity contribution in [1.82, 2.24) is 4.90 Å². The normalized spacial score (nSPS) is 30.4. The average molecular weight is 365 g/mol. The summed E-state index contributed by atoms with van der Waals surface area (Å²) in [6.45, 7) is 2.31. The number of carbonyl (C=O) groups excluding carboxylic acids is 2. The lowest BCUT2D eigenvalue weighted by molar-refractivity contribution is -0.167. The van der Waals surface area contributed by atoms with Crippen LogP contribution in [0.3, 0.4) is 0 Å². The van der Waals surface area contributed by atoms with Crippen LogP contribution >= 0.6 is 0 Å². The molecule has 0 radical (unpaired) electrons. The van der Waals surface area contributed by atoms with Crippen molar-refractivity contribution in [3.63, 3.8) is 0 Å². The Hall–Kier alpha value is -2.66. The molecule has 27 heavy (non-hydrogen) atoms. The summed E-state index contributed by atoms with van der Waals surface area (Å²) >= 11 is 0. The molecule has 5 nitrogen and oxygen atoms in total. The lowest BCUT2D eigenvalue weighted by atomic mass is 9.79. The molecule has 0 bridgehead atoms. The summed E-state index contributed by atoms with van der Waals surface area (Å²) in [6, 6.07) is 19.3.